The maximum absolute atomic E-state index is 12.4. The Morgan fingerprint density at radius 3 is 2.48 bits per heavy atom. The molecule has 0 unspecified atom stereocenters. The second-order valence-electron chi connectivity index (χ2n) is 5.50. The summed E-state index contributed by atoms with van der Waals surface area (Å²) in [4.78, 5) is 10.8. The average molecular weight is 357 g/mol. The molecule has 0 saturated carbocycles. The number of hydrogen-bond acceptors (Lipinski definition) is 4. The first-order valence-electron chi connectivity index (χ1n) is 7.42. The van der Waals surface area contributed by atoms with Gasteiger partial charge in [-0.05, 0) is 24.6 Å². The van der Waals surface area contributed by atoms with E-state index in [0.717, 1.165) is 5.56 Å². The van der Waals surface area contributed by atoms with Gasteiger partial charge in [0.15, 0.2) is 6.61 Å². The second-order valence-corrected chi connectivity index (χ2v) is 5.50. The van der Waals surface area contributed by atoms with E-state index in [-0.39, 0.29) is 18.0 Å². The first kappa shape index (κ1) is 18.8. The number of nitrogens with zero attached hydrogens (tertiary/aromatic N) is 2. The zero-order valence-electron chi connectivity index (χ0n) is 13.7. The highest BCUT2D eigenvalue weighted by Crippen LogP contribution is 2.24. The maximum atomic E-state index is 12.4. The Hall–Kier alpha value is -2.55. The number of benzene rings is 1. The average Bonchev–Trinajstić information content (AvgIpc) is 2.79. The summed E-state index contributed by atoms with van der Waals surface area (Å²) in [6, 6.07) is 6.33. The Balaban J connectivity index is 1.99. The van der Waals surface area contributed by atoms with Gasteiger partial charge in [-0.2, -0.15) is 18.3 Å². The van der Waals surface area contributed by atoms with Crippen LogP contribution in [0.3, 0.4) is 0 Å². The van der Waals surface area contributed by atoms with Gasteiger partial charge in [0, 0.05) is 20.1 Å². The predicted octanol–water partition coefficient (Wildman–Crippen LogP) is 2.66. The van der Waals surface area contributed by atoms with Crippen molar-refractivity contribution in [2.45, 2.75) is 26.2 Å². The number of carboxylic acid groups (broad SMARTS) is 1. The molecule has 1 heterocycles. The van der Waals surface area contributed by atoms with Crippen molar-refractivity contribution < 1.29 is 27.8 Å². The number of aromatic carboxylic acids is 1. The quantitative estimate of drug-likeness (QED) is 0.797. The van der Waals surface area contributed by atoms with Crippen LogP contribution in [0.5, 0.6) is 5.88 Å². The summed E-state index contributed by atoms with van der Waals surface area (Å²) in [6.07, 6.45) is -4.42. The Kier molecular flexibility index (Phi) is 5.68. The van der Waals surface area contributed by atoms with E-state index in [2.05, 4.69) is 10.4 Å². The molecule has 0 spiro atoms. The molecule has 2 aromatic rings. The number of carbonyl (C=O) groups is 1. The third-order valence-electron chi connectivity index (χ3n) is 3.49. The Morgan fingerprint density at radius 1 is 1.28 bits per heavy atom. The lowest BCUT2D eigenvalue weighted by Crippen LogP contribution is -2.21. The first-order chi connectivity index (χ1) is 11.7. The Labute approximate surface area is 142 Å². The van der Waals surface area contributed by atoms with E-state index in [1.54, 1.807) is 19.1 Å². The molecule has 0 fully saturated rings. The van der Waals surface area contributed by atoms with Crippen LogP contribution in [0.25, 0.3) is 0 Å². The summed E-state index contributed by atoms with van der Waals surface area (Å²) < 4.78 is 43.2. The molecule has 1 aromatic heterocycles. The summed E-state index contributed by atoms with van der Waals surface area (Å²) in [6.45, 7) is 1.01. The largest absolute Gasteiger partial charge is 0.478 e. The maximum Gasteiger partial charge on any atom is 0.422 e. The van der Waals surface area contributed by atoms with Crippen LogP contribution in [0.4, 0.5) is 13.2 Å². The van der Waals surface area contributed by atoms with Gasteiger partial charge in [-0.25, -0.2) is 9.48 Å². The Morgan fingerprint density at radius 2 is 1.92 bits per heavy atom. The first-order valence-corrected chi connectivity index (χ1v) is 7.42. The van der Waals surface area contributed by atoms with Gasteiger partial charge in [-0.3, -0.25) is 0 Å². The number of rotatable bonds is 7. The van der Waals surface area contributed by atoms with Gasteiger partial charge in [0.05, 0.1) is 16.8 Å². The van der Waals surface area contributed by atoms with Crippen molar-refractivity contribution in [1.29, 1.82) is 0 Å². The molecule has 2 rings (SSSR count). The van der Waals surface area contributed by atoms with E-state index in [0.29, 0.717) is 17.8 Å². The molecule has 9 heteroatoms. The lowest BCUT2D eigenvalue weighted by molar-refractivity contribution is -0.154. The van der Waals surface area contributed by atoms with Gasteiger partial charge in [-0.1, -0.05) is 12.1 Å². The van der Waals surface area contributed by atoms with Crippen molar-refractivity contribution in [3.8, 4) is 5.88 Å². The third kappa shape index (κ3) is 5.21. The fourth-order valence-corrected chi connectivity index (χ4v) is 2.31. The summed E-state index contributed by atoms with van der Waals surface area (Å²) in [5, 5.41) is 16.0. The molecule has 0 saturated heterocycles. The van der Waals surface area contributed by atoms with E-state index in [1.165, 1.54) is 23.9 Å². The molecular weight excluding hydrogens is 339 g/mol. The monoisotopic (exact) mass is 357 g/mol. The molecule has 0 amide bonds. The highest BCUT2D eigenvalue weighted by Gasteiger charge is 2.30. The minimum Gasteiger partial charge on any atom is -0.478 e. The minimum atomic E-state index is -4.42. The van der Waals surface area contributed by atoms with Crippen LogP contribution in [0.1, 0.15) is 27.2 Å². The number of hydrogen-bond donors (Lipinski definition) is 2. The van der Waals surface area contributed by atoms with Crippen LogP contribution in [0.15, 0.2) is 24.3 Å². The minimum absolute atomic E-state index is 0.0727. The summed E-state index contributed by atoms with van der Waals surface area (Å²) in [7, 11) is 1.52. The van der Waals surface area contributed by atoms with Crippen molar-refractivity contribution >= 4 is 5.97 Å². The molecule has 0 bridgehead atoms. The van der Waals surface area contributed by atoms with Crippen molar-refractivity contribution in [1.82, 2.24) is 15.1 Å². The van der Waals surface area contributed by atoms with Gasteiger partial charge in [-0.15, -0.1) is 0 Å². The topological polar surface area (TPSA) is 76.4 Å². The molecule has 0 aliphatic carbocycles. The smallest absolute Gasteiger partial charge is 0.422 e. The van der Waals surface area contributed by atoms with E-state index < -0.39 is 18.8 Å². The van der Waals surface area contributed by atoms with Crippen LogP contribution in [0, 0.1) is 6.92 Å². The number of carboxylic acids is 1. The summed E-state index contributed by atoms with van der Waals surface area (Å²) in [5.41, 5.74) is 2.17. The van der Waals surface area contributed by atoms with Crippen LogP contribution in [-0.2, 0) is 20.1 Å². The zero-order chi connectivity index (χ0) is 18.6. The fraction of sp³-hybridized carbons (Fsp3) is 0.375. The number of halogens is 3. The molecule has 6 nitrogen and oxygen atoms in total. The molecule has 1 aromatic carbocycles. The number of aromatic nitrogens is 2. The number of ether oxygens (including phenoxy) is 1. The van der Waals surface area contributed by atoms with Gasteiger partial charge >= 0.3 is 12.1 Å². The van der Waals surface area contributed by atoms with E-state index in [9.17, 15) is 18.0 Å². The fourth-order valence-electron chi connectivity index (χ4n) is 2.31. The van der Waals surface area contributed by atoms with Gasteiger partial charge in [0.25, 0.3) is 0 Å². The molecule has 0 atom stereocenters. The standard InChI is InChI=1S/C16H18F3N3O3/c1-10-13(14(22(2)21-10)25-9-16(17,18)19)8-20-7-11-3-5-12(6-4-11)15(23)24/h3-6,20H,7-9H2,1-2H3,(H,23,24). The van der Waals surface area contributed by atoms with Crippen LogP contribution in [-0.4, -0.2) is 33.6 Å². The number of alkyl halides is 3. The molecule has 25 heavy (non-hydrogen) atoms. The molecule has 2 N–H and O–H groups in total. The lowest BCUT2D eigenvalue weighted by atomic mass is 10.1. The molecule has 0 aliphatic heterocycles. The lowest BCUT2D eigenvalue weighted by Gasteiger charge is -2.12. The van der Waals surface area contributed by atoms with Crippen LogP contribution >= 0.6 is 0 Å². The van der Waals surface area contributed by atoms with Crippen LogP contribution in [0.2, 0.25) is 0 Å². The molecule has 0 aliphatic rings. The van der Waals surface area contributed by atoms with E-state index >= 15 is 0 Å². The van der Waals surface area contributed by atoms with Crippen molar-refractivity contribution in [2.24, 2.45) is 7.05 Å². The van der Waals surface area contributed by atoms with Crippen molar-refractivity contribution in [2.75, 3.05) is 6.61 Å². The van der Waals surface area contributed by atoms with Crippen molar-refractivity contribution in [3.63, 3.8) is 0 Å². The van der Waals surface area contributed by atoms with Crippen LogP contribution < -0.4 is 10.1 Å². The molecule has 0 radical (unpaired) electrons. The van der Waals surface area contributed by atoms with E-state index in [1.807, 2.05) is 0 Å². The summed E-state index contributed by atoms with van der Waals surface area (Å²) >= 11 is 0. The highest BCUT2D eigenvalue weighted by atomic mass is 19.4. The molecule has 136 valence electrons. The SMILES string of the molecule is Cc1nn(C)c(OCC(F)(F)F)c1CNCc1ccc(C(=O)O)cc1. The van der Waals surface area contributed by atoms with Gasteiger partial charge in [0.1, 0.15) is 0 Å². The van der Waals surface area contributed by atoms with E-state index in [4.69, 9.17) is 9.84 Å². The van der Waals surface area contributed by atoms with Gasteiger partial charge in [0.2, 0.25) is 5.88 Å². The molecular formula is C16H18F3N3O3. The Bertz CT molecular complexity index is 740. The third-order valence-corrected chi connectivity index (χ3v) is 3.49. The van der Waals surface area contributed by atoms with Gasteiger partial charge < -0.3 is 15.2 Å². The highest BCUT2D eigenvalue weighted by molar-refractivity contribution is 5.87. The normalized spacial score (nSPS) is 11.6. The zero-order valence-corrected chi connectivity index (χ0v) is 13.7. The van der Waals surface area contributed by atoms with Crippen molar-refractivity contribution in [3.05, 3.63) is 46.6 Å². The number of aryl methyl sites for hydroxylation is 2. The second kappa shape index (κ2) is 7.56. The summed E-state index contributed by atoms with van der Waals surface area (Å²) in [5.74, 6) is -0.930. The predicted molar refractivity (Wildman–Crippen MR) is 83.4 cm³/mol. The number of nitrogens with one attached hydrogen (secondary N) is 1.